The van der Waals surface area contributed by atoms with Crippen molar-refractivity contribution in [2.45, 2.75) is 6.92 Å². The molecule has 0 aliphatic rings. The maximum atomic E-state index is 11.8. The maximum absolute atomic E-state index is 11.8. The Morgan fingerprint density at radius 1 is 0.870 bits per heavy atom. The Kier molecular flexibility index (Phi) is 4.29. The van der Waals surface area contributed by atoms with Gasteiger partial charge in [-0.3, -0.25) is 0 Å². The van der Waals surface area contributed by atoms with Gasteiger partial charge in [0.05, 0.1) is 19.3 Å². The van der Waals surface area contributed by atoms with Gasteiger partial charge >= 0.3 is 5.97 Å². The largest absolute Gasteiger partial charge is 0.497 e. The van der Waals surface area contributed by atoms with E-state index in [0.717, 1.165) is 27.6 Å². The Hall–Kier alpha value is -2.81. The van der Waals surface area contributed by atoms with Gasteiger partial charge in [-0.1, -0.05) is 30.3 Å². The van der Waals surface area contributed by atoms with Gasteiger partial charge < -0.3 is 9.47 Å². The van der Waals surface area contributed by atoms with E-state index in [1.807, 2.05) is 42.5 Å². The minimum atomic E-state index is -0.284. The van der Waals surface area contributed by atoms with E-state index in [1.54, 1.807) is 20.1 Å². The number of carbonyl (C=O) groups excluding carboxylic acids is 1. The second-order valence-corrected chi connectivity index (χ2v) is 5.23. The van der Waals surface area contributed by atoms with Gasteiger partial charge in [-0.05, 0) is 59.2 Å². The fraction of sp³-hybridized carbons (Fsp3) is 0.150. The van der Waals surface area contributed by atoms with Crippen LogP contribution in [0.4, 0.5) is 0 Å². The first-order valence-corrected chi connectivity index (χ1v) is 7.56. The van der Waals surface area contributed by atoms with Gasteiger partial charge in [-0.2, -0.15) is 0 Å². The number of carbonyl (C=O) groups is 1. The average molecular weight is 306 g/mol. The number of rotatable bonds is 4. The first-order valence-electron chi connectivity index (χ1n) is 7.56. The summed E-state index contributed by atoms with van der Waals surface area (Å²) in [4.78, 5) is 11.8. The van der Waals surface area contributed by atoms with Crippen LogP contribution in [0.25, 0.3) is 21.9 Å². The molecule has 0 atom stereocenters. The minimum Gasteiger partial charge on any atom is -0.497 e. The molecule has 0 fully saturated rings. The molecular weight excluding hydrogens is 288 g/mol. The fourth-order valence-corrected chi connectivity index (χ4v) is 2.55. The number of esters is 1. The number of fused-ring (bicyclic) bond motifs is 1. The van der Waals surface area contributed by atoms with Crippen LogP contribution in [-0.2, 0) is 4.74 Å². The van der Waals surface area contributed by atoms with Crippen molar-refractivity contribution in [1.29, 1.82) is 0 Å². The summed E-state index contributed by atoms with van der Waals surface area (Å²) in [6, 6.07) is 19.8. The molecule has 3 aromatic carbocycles. The lowest BCUT2D eigenvalue weighted by atomic mass is 10.00. The second kappa shape index (κ2) is 6.53. The van der Waals surface area contributed by atoms with Crippen molar-refractivity contribution in [2.24, 2.45) is 0 Å². The second-order valence-electron chi connectivity index (χ2n) is 5.23. The van der Waals surface area contributed by atoms with Gasteiger partial charge in [0.15, 0.2) is 0 Å². The van der Waals surface area contributed by atoms with Crippen LogP contribution >= 0.6 is 0 Å². The van der Waals surface area contributed by atoms with Crippen molar-refractivity contribution < 1.29 is 14.3 Å². The van der Waals surface area contributed by atoms with E-state index in [4.69, 9.17) is 9.47 Å². The smallest absolute Gasteiger partial charge is 0.338 e. The van der Waals surface area contributed by atoms with E-state index in [-0.39, 0.29) is 5.97 Å². The van der Waals surface area contributed by atoms with E-state index in [2.05, 4.69) is 12.1 Å². The topological polar surface area (TPSA) is 35.5 Å². The number of hydrogen-bond donors (Lipinski definition) is 0. The van der Waals surface area contributed by atoms with Crippen LogP contribution < -0.4 is 4.74 Å². The summed E-state index contributed by atoms with van der Waals surface area (Å²) in [6.45, 7) is 2.19. The lowest BCUT2D eigenvalue weighted by Gasteiger charge is -2.07. The Morgan fingerprint density at radius 3 is 2.22 bits per heavy atom. The van der Waals surface area contributed by atoms with Gasteiger partial charge in [-0.25, -0.2) is 4.79 Å². The molecule has 0 saturated heterocycles. The molecule has 0 heterocycles. The molecule has 23 heavy (non-hydrogen) atoms. The SMILES string of the molecule is CCOC(=O)c1ccc2cc(-c3ccc(OC)cc3)ccc2c1. The van der Waals surface area contributed by atoms with Crippen molar-refractivity contribution in [3.05, 3.63) is 66.2 Å². The highest BCUT2D eigenvalue weighted by Gasteiger charge is 2.07. The minimum absolute atomic E-state index is 0.284. The van der Waals surface area contributed by atoms with E-state index in [0.29, 0.717) is 12.2 Å². The van der Waals surface area contributed by atoms with Crippen LogP contribution in [0.1, 0.15) is 17.3 Å². The quantitative estimate of drug-likeness (QED) is 0.656. The Bertz CT molecular complexity index is 835. The average Bonchev–Trinajstić information content (AvgIpc) is 2.61. The molecule has 116 valence electrons. The molecule has 0 aliphatic heterocycles. The molecule has 0 N–H and O–H groups in total. The van der Waals surface area contributed by atoms with E-state index in [1.165, 1.54) is 0 Å². The van der Waals surface area contributed by atoms with Gasteiger partial charge in [0.2, 0.25) is 0 Å². The number of benzene rings is 3. The van der Waals surface area contributed by atoms with Crippen LogP contribution in [-0.4, -0.2) is 19.7 Å². The summed E-state index contributed by atoms with van der Waals surface area (Å²) in [5.41, 5.74) is 2.84. The zero-order valence-corrected chi connectivity index (χ0v) is 13.2. The highest BCUT2D eigenvalue weighted by molar-refractivity contribution is 5.96. The Morgan fingerprint density at radius 2 is 1.52 bits per heavy atom. The summed E-state index contributed by atoms with van der Waals surface area (Å²) in [5.74, 6) is 0.558. The first-order chi connectivity index (χ1) is 11.2. The molecule has 0 amide bonds. The van der Waals surface area contributed by atoms with Crippen LogP contribution in [0.2, 0.25) is 0 Å². The van der Waals surface area contributed by atoms with Crippen molar-refractivity contribution >= 4 is 16.7 Å². The van der Waals surface area contributed by atoms with Gasteiger partial charge in [-0.15, -0.1) is 0 Å². The molecule has 3 nitrogen and oxygen atoms in total. The van der Waals surface area contributed by atoms with Crippen molar-refractivity contribution in [3.8, 4) is 16.9 Å². The summed E-state index contributed by atoms with van der Waals surface area (Å²) in [7, 11) is 1.66. The standard InChI is InChI=1S/C20H18O3/c1-3-23-20(21)18-7-6-16-12-15(4-5-17(16)13-18)14-8-10-19(22-2)11-9-14/h4-13H,3H2,1-2H3. The summed E-state index contributed by atoms with van der Waals surface area (Å²) >= 11 is 0. The van der Waals surface area contributed by atoms with E-state index < -0.39 is 0 Å². The monoisotopic (exact) mass is 306 g/mol. The van der Waals surface area contributed by atoms with Crippen molar-refractivity contribution in [3.63, 3.8) is 0 Å². The van der Waals surface area contributed by atoms with Gasteiger partial charge in [0.25, 0.3) is 0 Å². The predicted octanol–water partition coefficient (Wildman–Crippen LogP) is 4.69. The van der Waals surface area contributed by atoms with Gasteiger partial charge in [0, 0.05) is 0 Å². The third kappa shape index (κ3) is 3.19. The number of methoxy groups -OCH3 is 1. The van der Waals surface area contributed by atoms with Crippen LogP contribution in [0.5, 0.6) is 5.75 Å². The fourth-order valence-electron chi connectivity index (χ4n) is 2.55. The molecule has 0 aromatic heterocycles. The lowest BCUT2D eigenvalue weighted by Crippen LogP contribution is -2.04. The molecule has 0 bridgehead atoms. The summed E-state index contributed by atoms with van der Waals surface area (Å²) in [6.07, 6.45) is 0. The normalized spacial score (nSPS) is 10.5. The Labute approximate surface area is 135 Å². The highest BCUT2D eigenvalue weighted by atomic mass is 16.5. The molecule has 3 aromatic rings. The first kappa shape index (κ1) is 15.1. The molecule has 0 radical (unpaired) electrons. The Balaban J connectivity index is 1.95. The van der Waals surface area contributed by atoms with Gasteiger partial charge in [0.1, 0.15) is 5.75 Å². The summed E-state index contributed by atoms with van der Waals surface area (Å²) in [5, 5.41) is 2.11. The lowest BCUT2D eigenvalue weighted by molar-refractivity contribution is 0.0526. The third-order valence-corrected chi connectivity index (χ3v) is 3.77. The molecule has 3 rings (SSSR count). The number of ether oxygens (including phenoxy) is 2. The maximum Gasteiger partial charge on any atom is 0.338 e. The molecule has 3 heteroatoms. The predicted molar refractivity (Wildman–Crippen MR) is 91.9 cm³/mol. The van der Waals surface area contributed by atoms with Crippen LogP contribution in [0.15, 0.2) is 60.7 Å². The number of hydrogen-bond acceptors (Lipinski definition) is 3. The molecule has 0 spiro atoms. The van der Waals surface area contributed by atoms with Crippen LogP contribution in [0.3, 0.4) is 0 Å². The molecule has 0 unspecified atom stereocenters. The van der Waals surface area contributed by atoms with E-state index >= 15 is 0 Å². The summed E-state index contributed by atoms with van der Waals surface area (Å²) < 4.78 is 10.2. The third-order valence-electron chi connectivity index (χ3n) is 3.77. The zero-order valence-electron chi connectivity index (χ0n) is 13.2. The highest BCUT2D eigenvalue weighted by Crippen LogP contribution is 2.26. The van der Waals surface area contributed by atoms with E-state index in [9.17, 15) is 4.79 Å². The molecule has 0 saturated carbocycles. The molecule has 0 aliphatic carbocycles. The van der Waals surface area contributed by atoms with Crippen LogP contribution in [0, 0.1) is 0 Å². The zero-order chi connectivity index (χ0) is 16.2. The van der Waals surface area contributed by atoms with Crippen molar-refractivity contribution in [1.82, 2.24) is 0 Å². The molecular formula is C20H18O3. The van der Waals surface area contributed by atoms with Crippen molar-refractivity contribution in [2.75, 3.05) is 13.7 Å².